The summed E-state index contributed by atoms with van der Waals surface area (Å²) in [4.78, 5) is 11.4. The summed E-state index contributed by atoms with van der Waals surface area (Å²) in [6, 6.07) is 10.1. The minimum atomic E-state index is -0.130. The standard InChI is InChI=1S/C26H32O4/c1-4-26(5-2)17-18-29-24-16-12-20(19-23(24)26)11-13-22-15-14-21(30-22)9-7-8-10-25(27)28-6-3/h12,14-16,19H,4-10,17-18H2,1-3H3. The van der Waals surface area contributed by atoms with Gasteiger partial charge in [-0.25, -0.2) is 0 Å². The second-order valence-corrected chi connectivity index (χ2v) is 7.82. The molecule has 0 saturated heterocycles. The van der Waals surface area contributed by atoms with Gasteiger partial charge in [-0.2, -0.15) is 0 Å². The molecule has 0 amide bonds. The molecule has 0 atom stereocenters. The van der Waals surface area contributed by atoms with Crippen molar-refractivity contribution in [1.29, 1.82) is 0 Å². The van der Waals surface area contributed by atoms with E-state index in [1.165, 1.54) is 5.56 Å². The Labute approximate surface area is 180 Å². The molecule has 2 heterocycles. The van der Waals surface area contributed by atoms with Crippen molar-refractivity contribution in [2.75, 3.05) is 13.2 Å². The number of fused-ring (bicyclic) bond motifs is 1. The van der Waals surface area contributed by atoms with E-state index in [1.54, 1.807) is 0 Å². The molecule has 1 aliphatic rings. The van der Waals surface area contributed by atoms with Crippen molar-refractivity contribution < 1.29 is 18.7 Å². The predicted molar refractivity (Wildman–Crippen MR) is 118 cm³/mol. The number of carbonyl (C=O) groups excluding carboxylic acids is 1. The Balaban J connectivity index is 1.62. The fraction of sp³-hybridized carbons (Fsp3) is 0.500. The molecule has 0 bridgehead atoms. The third-order valence-corrected chi connectivity index (χ3v) is 6.09. The highest BCUT2D eigenvalue weighted by Crippen LogP contribution is 2.43. The van der Waals surface area contributed by atoms with Gasteiger partial charge < -0.3 is 13.9 Å². The Morgan fingerprint density at radius 3 is 2.70 bits per heavy atom. The maximum atomic E-state index is 11.4. The lowest BCUT2D eigenvalue weighted by molar-refractivity contribution is -0.143. The van der Waals surface area contributed by atoms with E-state index in [1.807, 2.05) is 25.1 Å². The summed E-state index contributed by atoms with van der Waals surface area (Å²) in [5.41, 5.74) is 2.46. The van der Waals surface area contributed by atoms with Crippen LogP contribution in [0.5, 0.6) is 5.75 Å². The Hall–Kier alpha value is -2.67. The van der Waals surface area contributed by atoms with Crippen LogP contribution >= 0.6 is 0 Å². The van der Waals surface area contributed by atoms with Crippen LogP contribution < -0.4 is 4.74 Å². The highest BCUT2D eigenvalue weighted by molar-refractivity contribution is 5.69. The SMILES string of the molecule is CCOC(=O)CCCCc1ccc(C#Cc2ccc3c(c2)C(CC)(CC)CCO3)o1. The summed E-state index contributed by atoms with van der Waals surface area (Å²) in [7, 11) is 0. The minimum Gasteiger partial charge on any atom is -0.493 e. The monoisotopic (exact) mass is 408 g/mol. The van der Waals surface area contributed by atoms with Gasteiger partial charge in [0.1, 0.15) is 11.5 Å². The minimum absolute atomic E-state index is 0.130. The van der Waals surface area contributed by atoms with Crippen LogP contribution in [0.3, 0.4) is 0 Å². The van der Waals surface area contributed by atoms with Gasteiger partial charge in [0.2, 0.25) is 0 Å². The quantitative estimate of drug-likeness (QED) is 0.315. The van der Waals surface area contributed by atoms with Crippen molar-refractivity contribution >= 4 is 5.97 Å². The van der Waals surface area contributed by atoms with Crippen LogP contribution in [-0.4, -0.2) is 19.2 Å². The summed E-state index contributed by atoms with van der Waals surface area (Å²) < 4.78 is 16.7. The second kappa shape index (κ2) is 10.4. The number of unbranched alkanes of at least 4 members (excludes halogenated alkanes) is 1. The van der Waals surface area contributed by atoms with Crippen molar-refractivity contribution in [1.82, 2.24) is 0 Å². The summed E-state index contributed by atoms with van der Waals surface area (Å²) >= 11 is 0. The third kappa shape index (κ3) is 5.27. The lowest BCUT2D eigenvalue weighted by atomic mass is 9.71. The highest BCUT2D eigenvalue weighted by atomic mass is 16.5. The van der Waals surface area contributed by atoms with E-state index < -0.39 is 0 Å². The van der Waals surface area contributed by atoms with Gasteiger partial charge in [-0.05, 0) is 75.3 Å². The average molecular weight is 409 g/mol. The topological polar surface area (TPSA) is 48.7 Å². The summed E-state index contributed by atoms with van der Waals surface area (Å²) in [5.74, 6) is 8.83. The van der Waals surface area contributed by atoms with Gasteiger partial charge in [-0.3, -0.25) is 4.79 Å². The highest BCUT2D eigenvalue weighted by Gasteiger charge is 2.34. The van der Waals surface area contributed by atoms with Crippen molar-refractivity contribution in [3.05, 3.63) is 53.0 Å². The van der Waals surface area contributed by atoms with Crippen LogP contribution in [0.25, 0.3) is 0 Å². The average Bonchev–Trinajstić information content (AvgIpc) is 3.23. The van der Waals surface area contributed by atoms with Gasteiger partial charge in [0.15, 0.2) is 5.76 Å². The summed E-state index contributed by atoms with van der Waals surface area (Å²) in [5, 5.41) is 0. The fourth-order valence-corrected chi connectivity index (χ4v) is 4.14. The molecule has 30 heavy (non-hydrogen) atoms. The van der Waals surface area contributed by atoms with Crippen LogP contribution in [-0.2, 0) is 21.4 Å². The first-order valence-corrected chi connectivity index (χ1v) is 11.1. The van der Waals surface area contributed by atoms with Crippen LogP contribution in [0.1, 0.15) is 81.9 Å². The first-order chi connectivity index (χ1) is 14.6. The van der Waals surface area contributed by atoms with E-state index in [9.17, 15) is 4.79 Å². The molecule has 1 aliphatic heterocycles. The molecule has 160 valence electrons. The number of esters is 1. The Morgan fingerprint density at radius 1 is 1.10 bits per heavy atom. The van der Waals surface area contributed by atoms with E-state index >= 15 is 0 Å². The molecule has 2 aromatic rings. The van der Waals surface area contributed by atoms with Gasteiger partial charge in [0, 0.05) is 29.4 Å². The van der Waals surface area contributed by atoms with Crippen molar-refractivity contribution in [3.63, 3.8) is 0 Å². The lowest BCUT2D eigenvalue weighted by Gasteiger charge is -2.37. The first kappa shape index (κ1) is 22.0. The molecule has 0 radical (unpaired) electrons. The smallest absolute Gasteiger partial charge is 0.305 e. The zero-order valence-electron chi connectivity index (χ0n) is 18.4. The molecule has 0 spiro atoms. The molecule has 0 fully saturated rings. The van der Waals surface area contributed by atoms with Crippen molar-refractivity contribution in [2.24, 2.45) is 0 Å². The van der Waals surface area contributed by atoms with Crippen LogP contribution in [0.4, 0.5) is 0 Å². The van der Waals surface area contributed by atoms with E-state index in [-0.39, 0.29) is 11.4 Å². The maximum Gasteiger partial charge on any atom is 0.305 e. The van der Waals surface area contributed by atoms with Gasteiger partial charge in [0.25, 0.3) is 0 Å². The number of furan rings is 1. The first-order valence-electron chi connectivity index (χ1n) is 11.1. The van der Waals surface area contributed by atoms with Gasteiger partial charge in [-0.15, -0.1) is 0 Å². The second-order valence-electron chi connectivity index (χ2n) is 7.82. The van der Waals surface area contributed by atoms with Gasteiger partial charge in [-0.1, -0.05) is 19.8 Å². The van der Waals surface area contributed by atoms with Crippen molar-refractivity contribution in [2.45, 2.75) is 71.1 Å². The lowest BCUT2D eigenvalue weighted by Crippen LogP contribution is -2.31. The number of hydrogen-bond acceptors (Lipinski definition) is 4. The zero-order chi connectivity index (χ0) is 21.4. The number of benzene rings is 1. The molecule has 3 rings (SSSR count). The largest absolute Gasteiger partial charge is 0.493 e. The Kier molecular flexibility index (Phi) is 7.63. The van der Waals surface area contributed by atoms with E-state index in [0.717, 1.165) is 62.2 Å². The Bertz CT molecular complexity index is 909. The molecule has 4 nitrogen and oxygen atoms in total. The van der Waals surface area contributed by atoms with Crippen LogP contribution in [0.2, 0.25) is 0 Å². The molecule has 0 unspecified atom stereocenters. The number of hydrogen-bond donors (Lipinski definition) is 0. The molecule has 0 aliphatic carbocycles. The van der Waals surface area contributed by atoms with E-state index in [4.69, 9.17) is 13.9 Å². The molecule has 4 heteroatoms. The number of ether oxygens (including phenoxy) is 2. The number of rotatable bonds is 8. The predicted octanol–water partition coefficient (Wildman–Crippen LogP) is 5.80. The third-order valence-electron chi connectivity index (χ3n) is 6.09. The molecule has 0 saturated carbocycles. The van der Waals surface area contributed by atoms with Crippen LogP contribution in [0.15, 0.2) is 34.7 Å². The summed E-state index contributed by atoms with van der Waals surface area (Å²) in [6.07, 6.45) is 6.21. The number of aryl methyl sites for hydroxylation is 1. The molecule has 1 aromatic carbocycles. The van der Waals surface area contributed by atoms with Crippen molar-refractivity contribution in [3.8, 4) is 17.6 Å². The summed E-state index contributed by atoms with van der Waals surface area (Å²) in [6.45, 7) is 7.57. The zero-order valence-corrected chi connectivity index (χ0v) is 18.4. The number of carbonyl (C=O) groups is 1. The van der Waals surface area contributed by atoms with E-state index in [2.05, 4.69) is 37.8 Å². The van der Waals surface area contributed by atoms with Gasteiger partial charge >= 0.3 is 5.97 Å². The Morgan fingerprint density at radius 2 is 1.93 bits per heavy atom. The molecule has 0 N–H and O–H groups in total. The normalized spacial score (nSPS) is 14.2. The van der Waals surface area contributed by atoms with Crippen LogP contribution in [0, 0.1) is 11.8 Å². The van der Waals surface area contributed by atoms with E-state index in [0.29, 0.717) is 18.8 Å². The van der Waals surface area contributed by atoms with Gasteiger partial charge in [0.05, 0.1) is 13.2 Å². The molecular formula is C26H32O4. The molecular weight excluding hydrogens is 376 g/mol. The maximum absolute atomic E-state index is 11.4. The molecule has 1 aromatic heterocycles. The fourth-order valence-electron chi connectivity index (χ4n) is 4.14.